The Bertz CT molecular complexity index is 455. The fourth-order valence-corrected chi connectivity index (χ4v) is 2.48. The molecule has 104 valence electrons. The third kappa shape index (κ3) is 2.76. The maximum atomic E-state index is 10.8. The van der Waals surface area contributed by atoms with Gasteiger partial charge >= 0.3 is 5.97 Å². The van der Waals surface area contributed by atoms with Crippen molar-refractivity contribution in [3.05, 3.63) is 11.7 Å². The number of hydrogen-bond acceptors (Lipinski definition) is 6. The van der Waals surface area contributed by atoms with Gasteiger partial charge in [-0.15, -0.1) is 0 Å². The lowest BCUT2D eigenvalue weighted by molar-refractivity contribution is -0.150. The summed E-state index contributed by atoms with van der Waals surface area (Å²) in [5, 5.41) is 12.8. The van der Waals surface area contributed by atoms with Crippen molar-refractivity contribution in [1.29, 1.82) is 0 Å². The van der Waals surface area contributed by atoms with Gasteiger partial charge in [-0.1, -0.05) is 5.16 Å². The molecule has 0 aromatic carbocycles. The molecular weight excluding hydrogens is 252 g/mol. The predicted octanol–water partition coefficient (Wildman–Crippen LogP) is 0.953. The van der Waals surface area contributed by atoms with Crippen LogP contribution in [0.15, 0.2) is 4.52 Å². The van der Waals surface area contributed by atoms with E-state index in [0.29, 0.717) is 30.5 Å². The standard InChI is InChI=1S/C12H16N2O5/c15-12(16)9-2-1-8(18-9)11-13-10(14-19-11)5-7-3-4-17-6-7/h7-9H,1-6H2,(H,15,16). The number of carboxylic acids is 1. The van der Waals surface area contributed by atoms with E-state index in [2.05, 4.69) is 10.1 Å². The van der Waals surface area contributed by atoms with Gasteiger partial charge in [0.05, 0.1) is 0 Å². The normalized spacial score (nSPS) is 30.8. The molecule has 3 atom stereocenters. The van der Waals surface area contributed by atoms with E-state index >= 15 is 0 Å². The molecule has 0 amide bonds. The molecule has 2 aliphatic rings. The van der Waals surface area contributed by atoms with Gasteiger partial charge in [0.25, 0.3) is 5.89 Å². The zero-order chi connectivity index (χ0) is 13.2. The third-order valence-electron chi connectivity index (χ3n) is 3.55. The Morgan fingerprint density at radius 1 is 1.37 bits per heavy atom. The van der Waals surface area contributed by atoms with Crippen LogP contribution in [0, 0.1) is 5.92 Å². The Morgan fingerprint density at radius 3 is 2.95 bits per heavy atom. The van der Waals surface area contributed by atoms with E-state index in [-0.39, 0.29) is 6.10 Å². The molecule has 1 aromatic heterocycles. The molecule has 0 radical (unpaired) electrons. The number of ether oxygens (including phenoxy) is 2. The van der Waals surface area contributed by atoms with Gasteiger partial charge in [-0.2, -0.15) is 4.98 Å². The number of aliphatic carboxylic acids is 1. The van der Waals surface area contributed by atoms with E-state index in [1.807, 2.05) is 0 Å². The fraction of sp³-hybridized carbons (Fsp3) is 0.750. The molecule has 2 fully saturated rings. The van der Waals surface area contributed by atoms with E-state index in [0.717, 1.165) is 26.1 Å². The highest BCUT2D eigenvalue weighted by Gasteiger charge is 2.34. The summed E-state index contributed by atoms with van der Waals surface area (Å²) < 4.78 is 15.8. The Morgan fingerprint density at radius 2 is 2.26 bits per heavy atom. The summed E-state index contributed by atoms with van der Waals surface area (Å²) in [4.78, 5) is 15.1. The zero-order valence-electron chi connectivity index (χ0n) is 10.4. The Hall–Kier alpha value is -1.47. The van der Waals surface area contributed by atoms with E-state index in [4.69, 9.17) is 19.1 Å². The molecule has 3 unspecified atom stereocenters. The van der Waals surface area contributed by atoms with Crippen molar-refractivity contribution in [3.8, 4) is 0 Å². The van der Waals surface area contributed by atoms with Crippen molar-refractivity contribution in [1.82, 2.24) is 10.1 Å². The number of nitrogens with zero attached hydrogens (tertiary/aromatic N) is 2. The van der Waals surface area contributed by atoms with Gasteiger partial charge < -0.3 is 19.1 Å². The fourth-order valence-electron chi connectivity index (χ4n) is 2.48. The van der Waals surface area contributed by atoms with Gasteiger partial charge in [0.2, 0.25) is 0 Å². The second-order valence-electron chi connectivity index (χ2n) is 5.01. The van der Waals surface area contributed by atoms with Crippen LogP contribution in [0.3, 0.4) is 0 Å². The second kappa shape index (κ2) is 5.26. The SMILES string of the molecule is O=C(O)C1CCC(c2nc(CC3CCOC3)no2)O1. The number of aromatic nitrogens is 2. The van der Waals surface area contributed by atoms with Crippen molar-refractivity contribution in [2.45, 2.75) is 37.9 Å². The summed E-state index contributed by atoms with van der Waals surface area (Å²) >= 11 is 0. The van der Waals surface area contributed by atoms with Crippen LogP contribution < -0.4 is 0 Å². The molecule has 0 aliphatic carbocycles. The lowest BCUT2D eigenvalue weighted by atomic mass is 10.1. The quantitative estimate of drug-likeness (QED) is 0.868. The van der Waals surface area contributed by atoms with E-state index in [9.17, 15) is 4.79 Å². The number of carbonyl (C=O) groups is 1. The first-order chi connectivity index (χ1) is 9.22. The topological polar surface area (TPSA) is 94.7 Å². The Labute approximate surface area is 109 Å². The molecular formula is C12H16N2O5. The Kier molecular flexibility index (Phi) is 3.48. The van der Waals surface area contributed by atoms with Gasteiger partial charge in [0.1, 0.15) is 6.10 Å². The number of rotatable bonds is 4. The molecule has 0 bridgehead atoms. The molecule has 0 saturated carbocycles. The highest BCUT2D eigenvalue weighted by Crippen LogP contribution is 2.32. The summed E-state index contributed by atoms with van der Waals surface area (Å²) in [6.07, 6.45) is 1.69. The Balaban J connectivity index is 1.60. The molecule has 19 heavy (non-hydrogen) atoms. The largest absolute Gasteiger partial charge is 0.479 e. The highest BCUT2D eigenvalue weighted by molar-refractivity contribution is 5.72. The van der Waals surface area contributed by atoms with E-state index < -0.39 is 12.1 Å². The van der Waals surface area contributed by atoms with Crippen LogP contribution in [0.1, 0.15) is 37.1 Å². The first kappa shape index (κ1) is 12.6. The summed E-state index contributed by atoms with van der Waals surface area (Å²) in [7, 11) is 0. The molecule has 3 heterocycles. The van der Waals surface area contributed by atoms with Gasteiger partial charge in [0, 0.05) is 19.6 Å². The van der Waals surface area contributed by atoms with Crippen molar-refractivity contribution in [2.24, 2.45) is 5.92 Å². The molecule has 7 nitrogen and oxygen atoms in total. The minimum Gasteiger partial charge on any atom is -0.479 e. The first-order valence-electron chi connectivity index (χ1n) is 6.51. The molecule has 7 heteroatoms. The average Bonchev–Trinajstić information content (AvgIpc) is 3.09. The van der Waals surface area contributed by atoms with Crippen LogP contribution in [0.5, 0.6) is 0 Å². The number of hydrogen-bond donors (Lipinski definition) is 1. The summed E-state index contributed by atoms with van der Waals surface area (Å²) in [6, 6.07) is 0. The zero-order valence-corrected chi connectivity index (χ0v) is 10.4. The van der Waals surface area contributed by atoms with Crippen LogP contribution in [0.4, 0.5) is 0 Å². The highest BCUT2D eigenvalue weighted by atomic mass is 16.5. The third-order valence-corrected chi connectivity index (χ3v) is 3.55. The van der Waals surface area contributed by atoms with Crippen LogP contribution in [0.2, 0.25) is 0 Å². The predicted molar refractivity (Wildman–Crippen MR) is 61.4 cm³/mol. The van der Waals surface area contributed by atoms with Crippen molar-refractivity contribution >= 4 is 5.97 Å². The average molecular weight is 268 g/mol. The molecule has 1 aromatic rings. The monoisotopic (exact) mass is 268 g/mol. The molecule has 0 spiro atoms. The smallest absolute Gasteiger partial charge is 0.332 e. The summed E-state index contributed by atoms with van der Waals surface area (Å²) in [5.41, 5.74) is 0. The lowest BCUT2D eigenvalue weighted by Crippen LogP contribution is -2.18. The molecule has 2 saturated heterocycles. The van der Waals surface area contributed by atoms with Gasteiger partial charge in [-0.05, 0) is 25.2 Å². The van der Waals surface area contributed by atoms with E-state index in [1.54, 1.807) is 0 Å². The van der Waals surface area contributed by atoms with Gasteiger partial charge in [0.15, 0.2) is 11.9 Å². The van der Waals surface area contributed by atoms with Crippen LogP contribution >= 0.6 is 0 Å². The minimum absolute atomic E-state index is 0.387. The maximum Gasteiger partial charge on any atom is 0.332 e. The van der Waals surface area contributed by atoms with Crippen LogP contribution in [-0.4, -0.2) is 40.5 Å². The van der Waals surface area contributed by atoms with Crippen LogP contribution in [0.25, 0.3) is 0 Å². The molecule has 1 N–H and O–H groups in total. The summed E-state index contributed by atoms with van der Waals surface area (Å²) in [6.45, 7) is 1.53. The van der Waals surface area contributed by atoms with E-state index in [1.165, 1.54) is 0 Å². The molecule has 2 aliphatic heterocycles. The van der Waals surface area contributed by atoms with Crippen LogP contribution in [-0.2, 0) is 20.7 Å². The van der Waals surface area contributed by atoms with Crippen molar-refractivity contribution < 1.29 is 23.9 Å². The molecule has 3 rings (SSSR count). The lowest BCUT2D eigenvalue weighted by Gasteiger charge is -2.05. The second-order valence-corrected chi connectivity index (χ2v) is 5.01. The van der Waals surface area contributed by atoms with Gasteiger partial charge in [-0.3, -0.25) is 0 Å². The number of carboxylic acid groups (broad SMARTS) is 1. The van der Waals surface area contributed by atoms with Gasteiger partial charge in [-0.25, -0.2) is 4.79 Å². The van der Waals surface area contributed by atoms with Crippen molar-refractivity contribution in [3.63, 3.8) is 0 Å². The summed E-state index contributed by atoms with van der Waals surface area (Å²) in [5.74, 6) is 0.539. The minimum atomic E-state index is -0.939. The first-order valence-corrected chi connectivity index (χ1v) is 6.51. The van der Waals surface area contributed by atoms with Crippen molar-refractivity contribution in [2.75, 3.05) is 13.2 Å². The maximum absolute atomic E-state index is 10.8.